The molecule has 0 aliphatic heterocycles. The van der Waals surface area contributed by atoms with Gasteiger partial charge in [-0.05, 0) is 43.0 Å². The molecule has 1 unspecified atom stereocenters. The molecule has 2 aromatic heterocycles. The van der Waals surface area contributed by atoms with Crippen molar-refractivity contribution in [2.24, 2.45) is 5.92 Å². The third kappa shape index (κ3) is 6.62. The van der Waals surface area contributed by atoms with Crippen LogP contribution in [0.3, 0.4) is 0 Å². The first-order valence-corrected chi connectivity index (χ1v) is 10.9. The van der Waals surface area contributed by atoms with Crippen molar-refractivity contribution >= 4 is 17.2 Å². The van der Waals surface area contributed by atoms with Gasteiger partial charge < -0.3 is 10.1 Å². The summed E-state index contributed by atoms with van der Waals surface area (Å²) in [5.41, 5.74) is 2.30. The van der Waals surface area contributed by atoms with E-state index in [0.717, 1.165) is 12.0 Å². The number of nitrogens with zero attached hydrogens (tertiary/aromatic N) is 2. The molecule has 0 radical (unpaired) electrons. The Morgan fingerprint density at radius 1 is 1.23 bits per heavy atom. The van der Waals surface area contributed by atoms with Gasteiger partial charge in [0.15, 0.2) is 0 Å². The number of hydrogen-bond donors (Lipinski definition) is 1. The minimum Gasteiger partial charge on any atom is -0.475 e. The van der Waals surface area contributed by atoms with Crippen molar-refractivity contribution in [3.8, 4) is 16.5 Å². The second kappa shape index (κ2) is 10.3. The second-order valence-corrected chi connectivity index (χ2v) is 8.53. The van der Waals surface area contributed by atoms with E-state index in [-0.39, 0.29) is 24.2 Å². The summed E-state index contributed by atoms with van der Waals surface area (Å²) >= 11 is 1.40. The second-order valence-electron chi connectivity index (χ2n) is 7.67. The van der Waals surface area contributed by atoms with Gasteiger partial charge in [-0.15, -0.1) is 11.3 Å². The predicted octanol–water partition coefficient (Wildman–Crippen LogP) is 5.02. The number of amides is 1. The molecular weight excluding hydrogens is 401 g/mol. The summed E-state index contributed by atoms with van der Waals surface area (Å²) in [7, 11) is 0. The lowest BCUT2D eigenvalue weighted by Gasteiger charge is -2.16. The number of rotatable bonds is 9. The molecule has 3 aromatic rings. The van der Waals surface area contributed by atoms with E-state index in [1.807, 2.05) is 24.4 Å². The van der Waals surface area contributed by atoms with Crippen molar-refractivity contribution in [3.63, 3.8) is 0 Å². The molecule has 5 nitrogen and oxygen atoms in total. The summed E-state index contributed by atoms with van der Waals surface area (Å²) in [5, 5.41) is 5.43. The molecule has 0 fully saturated rings. The molecule has 7 heteroatoms. The van der Waals surface area contributed by atoms with Gasteiger partial charge in [-0.2, -0.15) is 0 Å². The van der Waals surface area contributed by atoms with Crippen LogP contribution < -0.4 is 10.1 Å². The first-order valence-electron chi connectivity index (χ1n) is 9.97. The maximum absolute atomic E-state index is 13.4. The zero-order chi connectivity index (χ0) is 21.5. The van der Waals surface area contributed by atoms with Gasteiger partial charge in [-0.25, -0.2) is 14.4 Å². The van der Waals surface area contributed by atoms with E-state index in [0.29, 0.717) is 34.6 Å². The zero-order valence-corrected chi connectivity index (χ0v) is 18.2. The summed E-state index contributed by atoms with van der Waals surface area (Å²) in [5.74, 6) is 0.684. The van der Waals surface area contributed by atoms with Crippen LogP contribution in [-0.2, 0) is 17.8 Å². The van der Waals surface area contributed by atoms with Crippen molar-refractivity contribution in [1.29, 1.82) is 0 Å². The molecule has 0 spiro atoms. The number of aromatic nitrogens is 2. The number of ether oxygens (including phenoxy) is 1. The van der Waals surface area contributed by atoms with Crippen molar-refractivity contribution < 1.29 is 13.9 Å². The lowest BCUT2D eigenvalue weighted by Crippen LogP contribution is -2.24. The number of benzene rings is 1. The van der Waals surface area contributed by atoms with Crippen molar-refractivity contribution in [3.05, 3.63) is 65.0 Å². The largest absolute Gasteiger partial charge is 0.475 e. The monoisotopic (exact) mass is 427 g/mol. The van der Waals surface area contributed by atoms with E-state index in [2.05, 4.69) is 29.1 Å². The van der Waals surface area contributed by atoms with Crippen LogP contribution in [-0.4, -0.2) is 22.0 Å². The molecule has 2 heterocycles. The molecule has 1 N–H and O–H groups in total. The molecule has 158 valence electrons. The minimum atomic E-state index is -0.304. The van der Waals surface area contributed by atoms with Gasteiger partial charge in [0.05, 0.1) is 18.2 Å². The standard InChI is InChI=1S/C23H26FN3O2S/c1-15(2)9-16(3)29-22-10-17(7-8-25-22)13-26-21(28)12-20-14-30-23(27-20)18-5-4-6-19(24)11-18/h4-8,10-11,14-16H,9,12-13H2,1-3H3,(H,26,28). The SMILES string of the molecule is CC(C)CC(C)Oc1cc(CNC(=O)Cc2csc(-c3cccc(F)c3)n2)ccn1. The summed E-state index contributed by atoms with van der Waals surface area (Å²) in [6.07, 6.45) is 2.89. The average Bonchev–Trinajstić information content (AvgIpc) is 3.14. The summed E-state index contributed by atoms with van der Waals surface area (Å²) in [4.78, 5) is 21.0. The van der Waals surface area contributed by atoms with Gasteiger partial charge in [0, 0.05) is 29.8 Å². The highest BCUT2D eigenvalue weighted by molar-refractivity contribution is 7.13. The van der Waals surface area contributed by atoms with Crippen LogP contribution in [0.5, 0.6) is 5.88 Å². The molecule has 0 aliphatic rings. The maximum atomic E-state index is 13.4. The van der Waals surface area contributed by atoms with E-state index in [1.54, 1.807) is 18.3 Å². The van der Waals surface area contributed by atoms with E-state index in [1.165, 1.54) is 23.5 Å². The topological polar surface area (TPSA) is 64.1 Å². The van der Waals surface area contributed by atoms with Crippen molar-refractivity contribution in [2.45, 2.75) is 46.3 Å². The Labute approximate surface area is 180 Å². The van der Waals surface area contributed by atoms with Gasteiger partial charge in [0.25, 0.3) is 0 Å². The Morgan fingerprint density at radius 3 is 2.83 bits per heavy atom. The van der Waals surface area contributed by atoms with Crippen LogP contribution in [0.4, 0.5) is 4.39 Å². The van der Waals surface area contributed by atoms with Gasteiger partial charge in [-0.1, -0.05) is 26.0 Å². The van der Waals surface area contributed by atoms with Gasteiger partial charge >= 0.3 is 0 Å². The lowest BCUT2D eigenvalue weighted by molar-refractivity contribution is -0.120. The first kappa shape index (κ1) is 21.9. The molecule has 0 saturated carbocycles. The average molecular weight is 428 g/mol. The Hall–Kier alpha value is -2.80. The number of halogens is 1. The number of carbonyl (C=O) groups is 1. The summed E-state index contributed by atoms with van der Waals surface area (Å²) in [6.45, 7) is 6.73. The fourth-order valence-electron chi connectivity index (χ4n) is 3.11. The van der Waals surface area contributed by atoms with E-state index < -0.39 is 0 Å². The van der Waals surface area contributed by atoms with Crippen molar-refractivity contribution in [2.75, 3.05) is 0 Å². The Bertz CT molecular complexity index is 990. The van der Waals surface area contributed by atoms with Crippen LogP contribution in [0.15, 0.2) is 48.0 Å². The van der Waals surface area contributed by atoms with Crippen LogP contribution in [0, 0.1) is 11.7 Å². The molecule has 1 aromatic carbocycles. The number of nitrogens with one attached hydrogen (secondary N) is 1. The molecule has 0 bridgehead atoms. The number of pyridine rings is 1. The fourth-order valence-corrected chi connectivity index (χ4v) is 3.93. The maximum Gasteiger partial charge on any atom is 0.226 e. The Balaban J connectivity index is 1.52. The molecule has 1 atom stereocenters. The lowest BCUT2D eigenvalue weighted by atomic mass is 10.1. The molecular formula is C23H26FN3O2S. The Morgan fingerprint density at radius 2 is 2.07 bits per heavy atom. The number of thiazole rings is 1. The summed E-state index contributed by atoms with van der Waals surface area (Å²) in [6, 6.07) is 9.98. The Kier molecular flexibility index (Phi) is 7.52. The van der Waals surface area contributed by atoms with Crippen molar-refractivity contribution in [1.82, 2.24) is 15.3 Å². The van der Waals surface area contributed by atoms with Gasteiger partial charge in [0.2, 0.25) is 11.8 Å². The molecule has 1 amide bonds. The quantitative estimate of drug-likeness (QED) is 0.521. The normalized spacial score (nSPS) is 12.0. The zero-order valence-electron chi connectivity index (χ0n) is 17.4. The highest BCUT2D eigenvalue weighted by Gasteiger charge is 2.11. The van der Waals surface area contributed by atoms with Crippen LogP contribution in [0.1, 0.15) is 38.4 Å². The molecule has 0 saturated heterocycles. The molecule has 0 aliphatic carbocycles. The predicted molar refractivity (Wildman–Crippen MR) is 117 cm³/mol. The van der Waals surface area contributed by atoms with Gasteiger partial charge in [-0.3, -0.25) is 4.79 Å². The summed E-state index contributed by atoms with van der Waals surface area (Å²) < 4.78 is 19.2. The third-order valence-corrected chi connectivity index (χ3v) is 5.32. The fraction of sp³-hybridized carbons (Fsp3) is 0.348. The minimum absolute atomic E-state index is 0.0827. The molecule has 30 heavy (non-hydrogen) atoms. The third-order valence-electron chi connectivity index (χ3n) is 4.38. The van der Waals surface area contributed by atoms with Crippen LogP contribution in [0.2, 0.25) is 0 Å². The highest BCUT2D eigenvalue weighted by Crippen LogP contribution is 2.24. The number of carbonyl (C=O) groups excluding carboxylic acids is 1. The van der Waals surface area contributed by atoms with Crippen LogP contribution >= 0.6 is 11.3 Å². The number of hydrogen-bond acceptors (Lipinski definition) is 5. The van der Waals surface area contributed by atoms with E-state index >= 15 is 0 Å². The van der Waals surface area contributed by atoms with E-state index in [4.69, 9.17) is 4.74 Å². The van der Waals surface area contributed by atoms with E-state index in [9.17, 15) is 9.18 Å². The molecule has 3 rings (SSSR count). The highest BCUT2D eigenvalue weighted by atomic mass is 32.1. The first-order chi connectivity index (χ1) is 14.4. The smallest absolute Gasteiger partial charge is 0.226 e. The van der Waals surface area contributed by atoms with Gasteiger partial charge in [0.1, 0.15) is 10.8 Å². The van der Waals surface area contributed by atoms with Crippen LogP contribution in [0.25, 0.3) is 10.6 Å².